The van der Waals surface area contributed by atoms with Crippen molar-refractivity contribution in [2.45, 2.75) is 32.6 Å². The van der Waals surface area contributed by atoms with Crippen LogP contribution in [-0.2, 0) is 21.4 Å². The topological polar surface area (TPSA) is 87.3 Å². The fourth-order valence-corrected chi connectivity index (χ4v) is 3.23. The van der Waals surface area contributed by atoms with E-state index in [2.05, 4.69) is 36.7 Å². The zero-order valence-corrected chi connectivity index (χ0v) is 19.1. The van der Waals surface area contributed by atoms with Crippen LogP contribution in [0, 0.1) is 0 Å². The Morgan fingerprint density at radius 1 is 0.697 bits per heavy atom. The van der Waals surface area contributed by atoms with Crippen molar-refractivity contribution >= 4 is 29.1 Å². The molecule has 0 saturated carbocycles. The van der Waals surface area contributed by atoms with Gasteiger partial charge in [0.1, 0.15) is 0 Å². The largest absolute Gasteiger partial charge is 0.347 e. The average Bonchev–Trinajstić information content (AvgIpc) is 2.79. The summed E-state index contributed by atoms with van der Waals surface area (Å²) in [7, 11) is 0. The third kappa shape index (κ3) is 7.04. The van der Waals surface area contributed by atoms with E-state index in [9.17, 15) is 14.4 Å². The van der Waals surface area contributed by atoms with Crippen molar-refractivity contribution in [2.24, 2.45) is 0 Å². The van der Waals surface area contributed by atoms with Gasteiger partial charge in [-0.15, -0.1) is 0 Å². The molecule has 0 radical (unpaired) electrons. The first-order chi connectivity index (χ1) is 15.7. The number of para-hydroxylation sites is 2. The van der Waals surface area contributed by atoms with Crippen LogP contribution in [0.25, 0.3) is 0 Å². The van der Waals surface area contributed by atoms with Crippen LogP contribution in [0.3, 0.4) is 0 Å². The van der Waals surface area contributed by atoms with Crippen LogP contribution in [-0.4, -0.2) is 24.3 Å². The molecule has 0 bridgehead atoms. The first-order valence-electron chi connectivity index (χ1n) is 10.8. The molecule has 0 saturated heterocycles. The predicted molar refractivity (Wildman–Crippen MR) is 131 cm³/mol. The fourth-order valence-electron chi connectivity index (χ4n) is 3.23. The zero-order valence-electron chi connectivity index (χ0n) is 19.1. The van der Waals surface area contributed by atoms with Gasteiger partial charge in [-0.2, -0.15) is 0 Å². The standard InChI is InChI=1S/C27H29N3O3/c1-27(2,3)21-15-13-20(14-16-21)26(33)30-23-12-8-7-11-22(23)29-25(32)18-28-24(31)17-19-9-5-4-6-10-19/h4-16H,17-18H2,1-3H3,(H,28,31)(H,29,32)(H,30,33). The molecule has 3 rings (SSSR count). The second kappa shape index (κ2) is 10.6. The van der Waals surface area contributed by atoms with Gasteiger partial charge in [-0.05, 0) is 40.8 Å². The van der Waals surface area contributed by atoms with Crippen LogP contribution in [0.5, 0.6) is 0 Å². The molecule has 0 aliphatic rings. The van der Waals surface area contributed by atoms with Gasteiger partial charge in [0.2, 0.25) is 11.8 Å². The molecule has 0 heterocycles. The fraction of sp³-hybridized carbons (Fsp3) is 0.222. The third-order valence-corrected chi connectivity index (χ3v) is 5.12. The highest BCUT2D eigenvalue weighted by atomic mass is 16.2. The number of amides is 3. The van der Waals surface area contributed by atoms with Crippen LogP contribution in [0.2, 0.25) is 0 Å². The summed E-state index contributed by atoms with van der Waals surface area (Å²) < 4.78 is 0. The number of hydrogen-bond acceptors (Lipinski definition) is 3. The Hall–Kier alpha value is -3.93. The minimum atomic E-state index is -0.382. The van der Waals surface area contributed by atoms with Crippen molar-refractivity contribution in [1.29, 1.82) is 0 Å². The number of carbonyl (C=O) groups excluding carboxylic acids is 3. The predicted octanol–water partition coefficient (Wildman–Crippen LogP) is 4.53. The Labute approximate surface area is 194 Å². The third-order valence-electron chi connectivity index (χ3n) is 5.12. The molecule has 0 aliphatic heterocycles. The van der Waals surface area contributed by atoms with Gasteiger partial charge in [0.05, 0.1) is 24.3 Å². The molecule has 0 spiro atoms. The highest BCUT2D eigenvalue weighted by Crippen LogP contribution is 2.24. The van der Waals surface area contributed by atoms with Gasteiger partial charge < -0.3 is 16.0 Å². The molecular formula is C27H29N3O3. The first-order valence-corrected chi connectivity index (χ1v) is 10.8. The van der Waals surface area contributed by atoms with Crippen molar-refractivity contribution in [3.05, 3.63) is 95.6 Å². The van der Waals surface area contributed by atoms with Crippen LogP contribution in [0.15, 0.2) is 78.9 Å². The number of rotatable bonds is 7. The number of hydrogen-bond donors (Lipinski definition) is 3. The molecule has 33 heavy (non-hydrogen) atoms. The number of benzene rings is 3. The molecule has 3 amide bonds. The van der Waals surface area contributed by atoms with E-state index in [1.165, 1.54) is 0 Å². The van der Waals surface area contributed by atoms with Crippen molar-refractivity contribution in [3.8, 4) is 0 Å². The summed E-state index contributed by atoms with van der Waals surface area (Å²) in [6, 6.07) is 23.7. The SMILES string of the molecule is CC(C)(C)c1ccc(C(=O)Nc2ccccc2NC(=O)CNC(=O)Cc2ccccc2)cc1. The maximum atomic E-state index is 12.7. The molecule has 3 N–H and O–H groups in total. The summed E-state index contributed by atoms with van der Waals surface area (Å²) in [5.41, 5.74) is 3.48. The summed E-state index contributed by atoms with van der Waals surface area (Å²) in [5, 5.41) is 8.21. The van der Waals surface area contributed by atoms with Crippen LogP contribution in [0.1, 0.15) is 42.3 Å². The van der Waals surface area contributed by atoms with E-state index >= 15 is 0 Å². The Morgan fingerprint density at radius 2 is 1.27 bits per heavy atom. The minimum Gasteiger partial charge on any atom is -0.347 e. The molecule has 3 aromatic rings. The van der Waals surface area contributed by atoms with Crippen LogP contribution >= 0.6 is 0 Å². The summed E-state index contributed by atoms with van der Waals surface area (Å²) in [4.78, 5) is 37.2. The molecule has 0 fully saturated rings. The molecule has 6 heteroatoms. The van der Waals surface area contributed by atoms with E-state index in [1.54, 1.807) is 36.4 Å². The van der Waals surface area contributed by atoms with E-state index in [0.29, 0.717) is 16.9 Å². The van der Waals surface area contributed by atoms with E-state index in [0.717, 1.165) is 11.1 Å². The highest BCUT2D eigenvalue weighted by molar-refractivity contribution is 6.07. The molecule has 0 aliphatic carbocycles. The van der Waals surface area contributed by atoms with Gasteiger partial charge >= 0.3 is 0 Å². The van der Waals surface area contributed by atoms with E-state index in [-0.39, 0.29) is 36.1 Å². The van der Waals surface area contributed by atoms with Crippen molar-refractivity contribution in [3.63, 3.8) is 0 Å². The lowest BCUT2D eigenvalue weighted by Gasteiger charge is -2.19. The molecule has 0 atom stereocenters. The lowest BCUT2D eigenvalue weighted by Crippen LogP contribution is -2.34. The Bertz CT molecular complexity index is 1120. The van der Waals surface area contributed by atoms with Gasteiger partial charge in [-0.1, -0.05) is 75.4 Å². The molecule has 6 nitrogen and oxygen atoms in total. The van der Waals surface area contributed by atoms with Gasteiger partial charge in [0.25, 0.3) is 5.91 Å². The lowest BCUT2D eigenvalue weighted by atomic mass is 9.87. The van der Waals surface area contributed by atoms with E-state index in [4.69, 9.17) is 0 Å². The monoisotopic (exact) mass is 443 g/mol. The summed E-state index contributed by atoms with van der Waals surface area (Å²) in [6.07, 6.45) is 0.203. The van der Waals surface area contributed by atoms with Gasteiger partial charge in [0, 0.05) is 5.56 Å². The van der Waals surface area contributed by atoms with E-state index < -0.39 is 0 Å². The van der Waals surface area contributed by atoms with Crippen LogP contribution < -0.4 is 16.0 Å². The van der Waals surface area contributed by atoms with E-state index in [1.807, 2.05) is 42.5 Å². The molecular weight excluding hydrogens is 414 g/mol. The molecule has 3 aromatic carbocycles. The van der Waals surface area contributed by atoms with Gasteiger partial charge in [0.15, 0.2) is 0 Å². The quantitative estimate of drug-likeness (QED) is 0.501. The maximum absolute atomic E-state index is 12.7. The minimum absolute atomic E-state index is 0.00238. The number of anilines is 2. The highest BCUT2D eigenvalue weighted by Gasteiger charge is 2.15. The molecule has 170 valence electrons. The smallest absolute Gasteiger partial charge is 0.255 e. The van der Waals surface area contributed by atoms with Gasteiger partial charge in [-0.25, -0.2) is 0 Å². The molecule has 0 unspecified atom stereocenters. The number of nitrogens with one attached hydrogen (secondary N) is 3. The Morgan fingerprint density at radius 3 is 1.88 bits per heavy atom. The van der Waals surface area contributed by atoms with Crippen molar-refractivity contribution in [1.82, 2.24) is 5.32 Å². The Balaban J connectivity index is 1.57. The zero-order chi connectivity index (χ0) is 23.8. The maximum Gasteiger partial charge on any atom is 0.255 e. The summed E-state index contributed by atoms with van der Waals surface area (Å²) >= 11 is 0. The van der Waals surface area contributed by atoms with Gasteiger partial charge in [-0.3, -0.25) is 14.4 Å². The van der Waals surface area contributed by atoms with Crippen molar-refractivity contribution in [2.75, 3.05) is 17.2 Å². The molecule has 0 aromatic heterocycles. The lowest BCUT2D eigenvalue weighted by molar-refractivity contribution is -0.123. The summed E-state index contributed by atoms with van der Waals surface area (Å²) in [5.74, 6) is -0.891. The van der Waals surface area contributed by atoms with Crippen molar-refractivity contribution < 1.29 is 14.4 Å². The summed E-state index contributed by atoms with van der Waals surface area (Å²) in [6.45, 7) is 6.18. The second-order valence-electron chi connectivity index (χ2n) is 8.81. The number of carbonyl (C=O) groups is 3. The average molecular weight is 444 g/mol. The Kier molecular flexibility index (Phi) is 7.61. The first kappa shape index (κ1) is 23.7. The van der Waals surface area contributed by atoms with Crippen LogP contribution in [0.4, 0.5) is 11.4 Å². The second-order valence-corrected chi connectivity index (χ2v) is 8.81. The normalized spacial score (nSPS) is 10.9.